The Morgan fingerprint density at radius 2 is 1.65 bits per heavy atom. The lowest BCUT2D eigenvalue weighted by Crippen LogP contribution is -2.15. The average Bonchev–Trinajstić information content (AvgIpc) is 2.80. The van der Waals surface area contributed by atoms with Gasteiger partial charge in [0, 0.05) is 11.1 Å². The van der Waals surface area contributed by atoms with Gasteiger partial charge in [-0.25, -0.2) is 0 Å². The third kappa shape index (κ3) is 3.26. The normalized spacial score (nSPS) is 11.0. The van der Waals surface area contributed by atoms with Crippen molar-refractivity contribution in [2.75, 3.05) is 5.32 Å². The number of anilines is 1. The molecule has 1 amide bonds. The monoisotopic (exact) mass is 308 g/mol. The summed E-state index contributed by atoms with van der Waals surface area (Å²) in [6, 6.07) is 10.0. The third-order valence-electron chi connectivity index (χ3n) is 3.82. The Kier molecular flexibility index (Phi) is 3.90. The molecule has 0 atom stereocenters. The van der Waals surface area contributed by atoms with Crippen molar-refractivity contribution < 1.29 is 9.32 Å². The summed E-state index contributed by atoms with van der Waals surface area (Å²) in [6.45, 7) is 8.05. The van der Waals surface area contributed by atoms with Crippen LogP contribution in [0.3, 0.4) is 0 Å². The van der Waals surface area contributed by atoms with Gasteiger partial charge in [-0.2, -0.15) is 0 Å². The minimum absolute atomic E-state index is 0.0924. The molecule has 1 aromatic heterocycles. The maximum Gasteiger partial charge on any atom is 0.230 e. The zero-order valence-electron chi connectivity index (χ0n) is 13.9. The molecule has 1 heterocycles. The number of fused-ring (bicyclic) bond motifs is 1. The molecule has 2 aromatic carbocycles. The Labute approximate surface area is 135 Å². The number of carbonyl (C=O) groups excluding carboxylic acids is 1. The Morgan fingerprint density at radius 1 is 1.00 bits per heavy atom. The van der Waals surface area contributed by atoms with E-state index in [0.29, 0.717) is 5.69 Å². The zero-order valence-corrected chi connectivity index (χ0v) is 13.9. The lowest BCUT2D eigenvalue weighted by atomic mass is 10.0. The summed E-state index contributed by atoms with van der Waals surface area (Å²) >= 11 is 0. The largest absolute Gasteiger partial charge is 0.356 e. The van der Waals surface area contributed by atoms with E-state index in [1.165, 1.54) is 0 Å². The molecule has 0 aliphatic heterocycles. The van der Waals surface area contributed by atoms with E-state index in [0.717, 1.165) is 38.9 Å². The van der Waals surface area contributed by atoms with Crippen LogP contribution in [0.2, 0.25) is 0 Å². The van der Waals surface area contributed by atoms with E-state index in [4.69, 9.17) is 4.52 Å². The highest BCUT2D eigenvalue weighted by Crippen LogP contribution is 2.24. The first kappa shape index (κ1) is 15.3. The van der Waals surface area contributed by atoms with Crippen molar-refractivity contribution in [2.45, 2.75) is 34.1 Å². The number of nitrogens with one attached hydrogen (secondary N) is 1. The first-order valence-electron chi connectivity index (χ1n) is 7.66. The molecule has 0 aliphatic rings. The number of rotatable bonds is 3. The van der Waals surface area contributed by atoms with Crippen molar-refractivity contribution in [1.82, 2.24) is 5.16 Å². The number of hydrogen-bond acceptors (Lipinski definition) is 3. The Balaban J connectivity index is 1.83. The molecular formula is C19H20N2O2. The molecule has 1 N–H and O–H groups in total. The van der Waals surface area contributed by atoms with Gasteiger partial charge >= 0.3 is 0 Å². The fourth-order valence-electron chi connectivity index (χ4n) is 3.05. The fourth-order valence-corrected chi connectivity index (χ4v) is 3.05. The molecule has 4 nitrogen and oxygen atoms in total. The van der Waals surface area contributed by atoms with Crippen LogP contribution in [0.5, 0.6) is 0 Å². The van der Waals surface area contributed by atoms with Crippen LogP contribution in [-0.4, -0.2) is 11.1 Å². The van der Waals surface area contributed by atoms with E-state index in [1.54, 1.807) is 0 Å². The van der Waals surface area contributed by atoms with Crippen molar-refractivity contribution in [3.63, 3.8) is 0 Å². The number of hydrogen-bond donors (Lipinski definition) is 1. The second-order valence-electron chi connectivity index (χ2n) is 6.19. The minimum Gasteiger partial charge on any atom is -0.356 e. The molecule has 23 heavy (non-hydrogen) atoms. The molecule has 0 fully saturated rings. The smallest absolute Gasteiger partial charge is 0.230 e. The van der Waals surface area contributed by atoms with Crippen LogP contribution in [0.25, 0.3) is 11.0 Å². The summed E-state index contributed by atoms with van der Waals surface area (Å²) in [4.78, 5) is 12.3. The predicted molar refractivity (Wildman–Crippen MR) is 91.7 cm³/mol. The van der Waals surface area contributed by atoms with E-state index < -0.39 is 0 Å². The van der Waals surface area contributed by atoms with E-state index in [9.17, 15) is 4.79 Å². The van der Waals surface area contributed by atoms with Gasteiger partial charge in [0.05, 0.1) is 6.42 Å². The number of aromatic nitrogens is 1. The fraction of sp³-hybridized carbons (Fsp3) is 0.263. The van der Waals surface area contributed by atoms with Gasteiger partial charge in [0.2, 0.25) is 5.91 Å². The maximum atomic E-state index is 12.3. The van der Waals surface area contributed by atoms with Crippen LogP contribution in [-0.2, 0) is 11.2 Å². The summed E-state index contributed by atoms with van der Waals surface area (Å²) in [5, 5.41) is 7.95. The van der Waals surface area contributed by atoms with Crippen molar-refractivity contribution in [2.24, 2.45) is 0 Å². The molecule has 0 unspecified atom stereocenters. The van der Waals surface area contributed by atoms with Gasteiger partial charge in [0.25, 0.3) is 0 Å². The van der Waals surface area contributed by atoms with Gasteiger partial charge in [-0.05, 0) is 68.1 Å². The number of aryl methyl sites for hydroxylation is 4. The predicted octanol–water partition coefficient (Wildman–Crippen LogP) is 4.24. The average molecular weight is 308 g/mol. The molecule has 0 radical (unpaired) electrons. The highest BCUT2D eigenvalue weighted by Gasteiger charge is 2.15. The lowest BCUT2D eigenvalue weighted by molar-refractivity contribution is -0.115. The van der Waals surface area contributed by atoms with Gasteiger partial charge in [-0.3, -0.25) is 4.79 Å². The molecule has 0 aliphatic carbocycles. The first-order chi connectivity index (χ1) is 10.9. The van der Waals surface area contributed by atoms with Gasteiger partial charge in [0.1, 0.15) is 5.69 Å². The van der Waals surface area contributed by atoms with Crippen LogP contribution in [0.4, 0.5) is 5.69 Å². The maximum absolute atomic E-state index is 12.3. The zero-order chi connectivity index (χ0) is 16.6. The summed E-state index contributed by atoms with van der Waals surface area (Å²) in [5.74, 6) is -0.0924. The first-order valence-corrected chi connectivity index (χ1v) is 7.66. The molecule has 0 saturated carbocycles. The molecule has 118 valence electrons. The van der Waals surface area contributed by atoms with E-state index >= 15 is 0 Å². The highest BCUT2D eigenvalue weighted by atomic mass is 16.5. The van der Waals surface area contributed by atoms with Gasteiger partial charge in [0.15, 0.2) is 5.58 Å². The SMILES string of the molecule is Cc1cc(C)cc(NC(=O)Cc2noc3cc(C)cc(C)c23)c1. The molecule has 3 aromatic rings. The Hall–Kier alpha value is -2.62. The summed E-state index contributed by atoms with van der Waals surface area (Å²) in [5.41, 5.74) is 6.67. The second kappa shape index (κ2) is 5.88. The van der Waals surface area contributed by atoms with E-state index in [-0.39, 0.29) is 12.3 Å². The van der Waals surface area contributed by atoms with Gasteiger partial charge in [-0.1, -0.05) is 17.3 Å². The van der Waals surface area contributed by atoms with Gasteiger partial charge in [-0.15, -0.1) is 0 Å². The second-order valence-corrected chi connectivity index (χ2v) is 6.19. The highest BCUT2D eigenvalue weighted by molar-refractivity contribution is 5.95. The van der Waals surface area contributed by atoms with Crippen LogP contribution in [0, 0.1) is 27.7 Å². The van der Waals surface area contributed by atoms with E-state index in [2.05, 4.69) is 22.6 Å². The summed E-state index contributed by atoms with van der Waals surface area (Å²) in [7, 11) is 0. The van der Waals surface area contributed by atoms with Crippen LogP contribution in [0.15, 0.2) is 34.9 Å². The number of carbonyl (C=O) groups is 1. The summed E-state index contributed by atoms with van der Waals surface area (Å²) < 4.78 is 5.37. The molecular weight excluding hydrogens is 288 g/mol. The van der Waals surface area contributed by atoms with Crippen LogP contribution in [0.1, 0.15) is 27.9 Å². The topological polar surface area (TPSA) is 55.1 Å². The van der Waals surface area contributed by atoms with Crippen LogP contribution >= 0.6 is 0 Å². The third-order valence-corrected chi connectivity index (χ3v) is 3.82. The van der Waals surface area contributed by atoms with Crippen molar-refractivity contribution in [3.05, 3.63) is 58.3 Å². The molecule has 4 heteroatoms. The number of amides is 1. The molecule has 0 bridgehead atoms. The number of nitrogens with zero attached hydrogens (tertiary/aromatic N) is 1. The Morgan fingerprint density at radius 3 is 2.35 bits per heavy atom. The van der Waals surface area contributed by atoms with Crippen molar-refractivity contribution >= 4 is 22.6 Å². The Bertz CT molecular complexity index is 874. The van der Waals surface area contributed by atoms with Gasteiger partial charge < -0.3 is 9.84 Å². The molecule has 0 saturated heterocycles. The quantitative estimate of drug-likeness (QED) is 0.787. The molecule has 3 rings (SSSR count). The number of benzene rings is 2. The standard InChI is InChI=1S/C19H20N2O2/c1-11-5-12(2)8-15(7-11)20-18(22)10-16-19-14(4)6-13(3)9-17(19)23-21-16/h5-9H,10H2,1-4H3,(H,20,22). The van der Waals surface area contributed by atoms with Crippen LogP contribution < -0.4 is 5.32 Å². The van der Waals surface area contributed by atoms with Crippen molar-refractivity contribution in [3.8, 4) is 0 Å². The molecule has 0 spiro atoms. The lowest BCUT2D eigenvalue weighted by Gasteiger charge is -2.07. The van der Waals surface area contributed by atoms with E-state index in [1.807, 2.05) is 45.9 Å². The summed E-state index contributed by atoms with van der Waals surface area (Å²) in [6.07, 6.45) is 0.198. The minimum atomic E-state index is -0.0924. The van der Waals surface area contributed by atoms with Crippen molar-refractivity contribution in [1.29, 1.82) is 0 Å².